The first kappa shape index (κ1) is 25.4. The molecule has 2 heterocycles. The molecule has 0 aromatic heterocycles. The number of esters is 1. The van der Waals surface area contributed by atoms with E-state index in [1.165, 1.54) is 11.3 Å². The van der Waals surface area contributed by atoms with Crippen LogP contribution in [-0.4, -0.2) is 70.5 Å². The number of amides is 2. The number of carbonyl (C=O) groups is 2. The lowest BCUT2D eigenvalue weighted by Gasteiger charge is -2.38. The molecule has 9 heteroatoms. The minimum absolute atomic E-state index is 0.234. The molecule has 1 fully saturated rings. The van der Waals surface area contributed by atoms with Gasteiger partial charge in [-0.3, -0.25) is 4.90 Å². The Morgan fingerprint density at radius 2 is 1.69 bits per heavy atom. The van der Waals surface area contributed by atoms with Crippen molar-refractivity contribution in [1.82, 2.24) is 15.5 Å². The van der Waals surface area contributed by atoms with Gasteiger partial charge in [0.1, 0.15) is 0 Å². The van der Waals surface area contributed by atoms with Crippen molar-refractivity contribution in [2.45, 2.75) is 19.9 Å². The average Bonchev–Trinajstić information content (AvgIpc) is 2.89. The molecule has 36 heavy (non-hydrogen) atoms. The largest absolute Gasteiger partial charge is 0.493 e. The minimum atomic E-state index is -0.679. The van der Waals surface area contributed by atoms with Crippen LogP contribution >= 0.6 is 0 Å². The maximum absolute atomic E-state index is 13.1. The number of benzene rings is 2. The molecule has 0 saturated carbocycles. The second-order valence-electron chi connectivity index (χ2n) is 8.86. The summed E-state index contributed by atoms with van der Waals surface area (Å²) >= 11 is 0. The van der Waals surface area contributed by atoms with Gasteiger partial charge in [-0.15, -0.1) is 0 Å². The molecule has 1 atom stereocenters. The van der Waals surface area contributed by atoms with E-state index in [4.69, 9.17) is 14.2 Å². The summed E-state index contributed by atoms with van der Waals surface area (Å²) in [5, 5.41) is 5.75. The number of carbonyl (C=O) groups excluding carboxylic acids is 2. The van der Waals surface area contributed by atoms with Gasteiger partial charge in [0.2, 0.25) is 0 Å². The first-order chi connectivity index (χ1) is 17.4. The molecule has 1 saturated heterocycles. The van der Waals surface area contributed by atoms with Gasteiger partial charge in [0.05, 0.1) is 32.4 Å². The lowest BCUT2D eigenvalue weighted by molar-refractivity contribution is -0.139. The standard InChI is InChI=1S/C27H34N4O5/c1-5-36-26(32)24-21(17-30-12-14-31(15-13-30)20-9-6-18(2)7-10-20)28-27(33)29-25(24)19-8-11-22(34-3)23(16-19)35-4/h6-11,16,25H,5,12-15,17H2,1-4H3,(H2,28,29,33)/t25-/m0/s1. The van der Waals surface area contributed by atoms with E-state index < -0.39 is 12.0 Å². The number of nitrogens with zero attached hydrogens (tertiary/aromatic N) is 2. The summed E-state index contributed by atoms with van der Waals surface area (Å²) in [6, 6.07) is 12.8. The third kappa shape index (κ3) is 5.57. The summed E-state index contributed by atoms with van der Waals surface area (Å²) in [6.07, 6.45) is 0. The van der Waals surface area contributed by atoms with Crippen molar-refractivity contribution in [2.24, 2.45) is 0 Å². The highest BCUT2D eigenvalue weighted by Crippen LogP contribution is 2.34. The van der Waals surface area contributed by atoms with Crippen LogP contribution in [0, 0.1) is 6.92 Å². The normalized spacial score (nSPS) is 18.4. The van der Waals surface area contributed by atoms with E-state index in [-0.39, 0.29) is 12.6 Å². The highest BCUT2D eigenvalue weighted by Gasteiger charge is 2.35. The second-order valence-corrected chi connectivity index (χ2v) is 8.86. The highest BCUT2D eigenvalue weighted by atomic mass is 16.5. The topological polar surface area (TPSA) is 92.4 Å². The van der Waals surface area contributed by atoms with Gasteiger partial charge < -0.3 is 29.7 Å². The van der Waals surface area contributed by atoms with Crippen LogP contribution in [0.3, 0.4) is 0 Å². The summed E-state index contributed by atoms with van der Waals surface area (Å²) < 4.78 is 16.2. The fourth-order valence-electron chi connectivity index (χ4n) is 4.62. The molecular formula is C27H34N4O5. The highest BCUT2D eigenvalue weighted by molar-refractivity contribution is 5.95. The second kappa shape index (κ2) is 11.3. The molecule has 0 unspecified atom stereocenters. The van der Waals surface area contributed by atoms with Crippen molar-refractivity contribution in [2.75, 3.05) is 58.5 Å². The molecule has 9 nitrogen and oxygen atoms in total. The van der Waals surface area contributed by atoms with Gasteiger partial charge in [-0.25, -0.2) is 9.59 Å². The number of piperazine rings is 1. The Kier molecular flexibility index (Phi) is 8.00. The first-order valence-electron chi connectivity index (χ1n) is 12.2. The van der Waals surface area contributed by atoms with E-state index in [0.29, 0.717) is 34.9 Å². The van der Waals surface area contributed by atoms with E-state index in [1.807, 2.05) is 6.07 Å². The van der Waals surface area contributed by atoms with Gasteiger partial charge in [-0.1, -0.05) is 23.8 Å². The van der Waals surface area contributed by atoms with Gasteiger partial charge >= 0.3 is 12.0 Å². The molecule has 0 bridgehead atoms. The molecule has 2 amide bonds. The van der Waals surface area contributed by atoms with E-state index in [1.54, 1.807) is 33.3 Å². The van der Waals surface area contributed by atoms with Crippen molar-refractivity contribution in [3.05, 3.63) is 64.9 Å². The number of anilines is 1. The fraction of sp³-hybridized carbons (Fsp3) is 0.407. The molecule has 0 aliphatic carbocycles. The Bertz CT molecular complexity index is 1120. The summed E-state index contributed by atoms with van der Waals surface area (Å²) in [4.78, 5) is 30.4. The monoisotopic (exact) mass is 494 g/mol. The lowest BCUT2D eigenvalue weighted by atomic mass is 9.94. The maximum atomic E-state index is 13.1. The van der Waals surface area contributed by atoms with Gasteiger partial charge in [0.15, 0.2) is 11.5 Å². The van der Waals surface area contributed by atoms with Crippen molar-refractivity contribution in [1.29, 1.82) is 0 Å². The van der Waals surface area contributed by atoms with Gasteiger partial charge in [0, 0.05) is 44.1 Å². The Morgan fingerprint density at radius 3 is 2.33 bits per heavy atom. The van der Waals surface area contributed by atoms with Crippen molar-refractivity contribution >= 4 is 17.7 Å². The molecule has 2 aromatic carbocycles. The summed E-state index contributed by atoms with van der Waals surface area (Å²) in [6.45, 7) is 7.84. The average molecular weight is 495 g/mol. The number of methoxy groups -OCH3 is 2. The zero-order valence-electron chi connectivity index (χ0n) is 21.3. The number of rotatable bonds is 8. The predicted molar refractivity (Wildman–Crippen MR) is 137 cm³/mol. The van der Waals surface area contributed by atoms with Crippen LogP contribution in [0.4, 0.5) is 10.5 Å². The van der Waals surface area contributed by atoms with Crippen LogP contribution in [0.2, 0.25) is 0 Å². The molecular weight excluding hydrogens is 460 g/mol. The van der Waals surface area contributed by atoms with E-state index in [2.05, 4.69) is 51.6 Å². The Hall–Kier alpha value is -3.72. The predicted octanol–water partition coefficient (Wildman–Crippen LogP) is 3.01. The Labute approximate surface area is 212 Å². The van der Waals surface area contributed by atoms with Crippen LogP contribution in [0.5, 0.6) is 11.5 Å². The number of urea groups is 1. The van der Waals surface area contributed by atoms with Crippen molar-refractivity contribution in [3.63, 3.8) is 0 Å². The minimum Gasteiger partial charge on any atom is -0.493 e. The number of hydrogen-bond acceptors (Lipinski definition) is 7. The van der Waals surface area contributed by atoms with Crippen LogP contribution in [-0.2, 0) is 9.53 Å². The van der Waals surface area contributed by atoms with Crippen molar-refractivity contribution in [3.8, 4) is 11.5 Å². The van der Waals surface area contributed by atoms with Crippen LogP contribution < -0.4 is 25.0 Å². The Balaban J connectivity index is 1.58. The van der Waals surface area contributed by atoms with E-state index in [9.17, 15) is 9.59 Å². The van der Waals surface area contributed by atoms with E-state index in [0.717, 1.165) is 26.2 Å². The molecule has 0 spiro atoms. The third-order valence-corrected chi connectivity index (χ3v) is 6.54. The number of ether oxygens (including phenoxy) is 3. The van der Waals surface area contributed by atoms with Crippen LogP contribution in [0.1, 0.15) is 24.1 Å². The molecule has 4 rings (SSSR count). The van der Waals surface area contributed by atoms with Crippen LogP contribution in [0.25, 0.3) is 0 Å². The maximum Gasteiger partial charge on any atom is 0.338 e. The first-order valence-corrected chi connectivity index (χ1v) is 12.2. The third-order valence-electron chi connectivity index (χ3n) is 6.54. The summed E-state index contributed by atoms with van der Waals surface area (Å²) in [5.74, 6) is 0.618. The molecule has 192 valence electrons. The SMILES string of the molecule is CCOC(=O)C1=C(CN2CCN(c3ccc(C)cc3)CC2)NC(=O)N[C@H]1c1ccc(OC)c(OC)c1. The van der Waals surface area contributed by atoms with Gasteiger partial charge in [0.25, 0.3) is 0 Å². The smallest absolute Gasteiger partial charge is 0.338 e. The number of hydrogen-bond donors (Lipinski definition) is 2. The van der Waals surface area contributed by atoms with Crippen molar-refractivity contribution < 1.29 is 23.8 Å². The zero-order valence-corrected chi connectivity index (χ0v) is 21.3. The lowest BCUT2D eigenvalue weighted by Crippen LogP contribution is -2.51. The summed E-state index contributed by atoms with van der Waals surface area (Å²) in [5.41, 5.74) is 4.09. The van der Waals surface area contributed by atoms with Gasteiger partial charge in [-0.05, 0) is 43.7 Å². The molecule has 2 aliphatic heterocycles. The van der Waals surface area contributed by atoms with Crippen LogP contribution in [0.15, 0.2) is 53.7 Å². The number of nitrogens with one attached hydrogen (secondary N) is 2. The number of aryl methyl sites for hydroxylation is 1. The zero-order chi connectivity index (χ0) is 25.7. The summed E-state index contributed by atoms with van der Waals surface area (Å²) in [7, 11) is 3.11. The van der Waals surface area contributed by atoms with Gasteiger partial charge in [-0.2, -0.15) is 0 Å². The van der Waals surface area contributed by atoms with E-state index >= 15 is 0 Å². The molecule has 0 radical (unpaired) electrons. The molecule has 2 N–H and O–H groups in total. The quantitative estimate of drug-likeness (QED) is 0.545. The fourth-order valence-corrected chi connectivity index (χ4v) is 4.62. The Morgan fingerprint density at radius 1 is 1.00 bits per heavy atom. The molecule has 2 aromatic rings. The molecule has 2 aliphatic rings.